The van der Waals surface area contributed by atoms with Crippen LogP contribution < -0.4 is 11.1 Å². The molecule has 4 aromatic rings. The maximum atomic E-state index is 13.8. The van der Waals surface area contributed by atoms with Crippen molar-refractivity contribution in [2.24, 2.45) is 0 Å². The number of nitrogens with one attached hydrogen (secondary N) is 2. The molecule has 0 unspecified atom stereocenters. The van der Waals surface area contributed by atoms with E-state index in [1.165, 1.54) is 29.7 Å². The Morgan fingerprint density at radius 2 is 1.97 bits per heavy atom. The molecule has 0 saturated carbocycles. The largest absolute Gasteiger partial charge is 0.439 e. The number of amides is 1. The smallest absolute Gasteiger partial charge is 0.298 e. The summed E-state index contributed by atoms with van der Waals surface area (Å²) in [6, 6.07) is 9.78. The number of thiazole rings is 1. The first-order valence-corrected chi connectivity index (χ1v) is 9.16. The van der Waals surface area contributed by atoms with Crippen molar-refractivity contribution in [1.29, 1.82) is 0 Å². The van der Waals surface area contributed by atoms with Crippen LogP contribution in [0, 0.1) is 11.6 Å². The molecule has 7 nitrogen and oxygen atoms in total. The molecule has 2 heterocycles. The van der Waals surface area contributed by atoms with E-state index in [2.05, 4.69) is 25.0 Å². The number of halogens is 2. The van der Waals surface area contributed by atoms with E-state index in [0.717, 1.165) is 10.9 Å². The van der Waals surface area contributed by atoms with Gasteiger partial charge in [-0.3, -0.25) is 19.6 Å². The van der Waals surface area contributed by atoms with Crippen LogP contribution in [0.15, 0.2) is 58.0 Å². The number of hydrogen-bond donors (Lipinski definition) is 2. The molecule has 0 fully saturated rings. The lowest BCUT2D eigenvalue weighted by molar-refractivity contribution is 0.102. The van der Waals surface area contributed by atoms with Crippen LogP contribution in [0.3, 0.4) is 0 Å². The lowest BCUT2D eigenvalue weighted by Gasteiger charge is -2.03. The number of hydrogen-bond acceptors (Lipinski definition) is 6. The number of H-pyrrole nitrogens is 1. The van der Waals surface area contributed by atoms with Crippen LogP contribution >= 0.6 is 11.3 Å². The van der Waals surface area contributed by atoms with Crippen molar-refractivity contribution in [1.82, 2.24) is 15.1 Å². The van der Waals surface area contributed by atoms with Crippen LogP contribution in [0.5, 0.6) is 0 Å². The summed E-state index contributed by atoms with van der Waals surface area (Å²) in [5.74, 6) is -2.04. The lowest BCUT2D eigenvalue weighted by atomic mass is 10.1. The van der Waals surface area contributed by atoms with Gasteiger partial charge in [0.25, 0.3) is 5.91 Å². The Hall–Kier alpha value is -3.66. The van der Waals surface area contributed by atoms with E-state index >= 15 is 0 Å². The van der Waals surface area contributed by atoms with Crippen molar-refractivity contribution in [2.45, 2.75) is 6.42 Å². The van der Waals surface area contributed by atoms with Gasteiger partial charge in [-0.1, -0.05) is 23.4 Å². The highest BCUT2D eigenvalue weighted by Gasteiger charge is 2.12. The number of rotatable bonds is 5. The predicted molar refractivity (Wildman–Crippen MR) is 102 cm³/mol. The summed E-state index contributed by atoms with van der Waals surface area (Å²) in [4.78, 5) is 30.6. The Kier molecular flexibility index (Phi) is 5.00. The highest BCUT2D eigenvalue weighted by molar-refractivity contribution is 7.15. The number of aromatic nitrogens is 3. The number of carbonyl (C=O) groups excluding carboxylic acids is 1. The van der Waals surface area contributed by atoms with Crippen molar-refractivity contribution in [3.8, 4) is 11.4 Å². The molecule has 2 N–H and O–H groups in total. The first-order valence-electron chi connectivity index (χ1n) is 8.34. The third kappa shape index (κ3) is 4.27. The van der Waals surface area contributed by atoms with Crippen LogP contribution in [0.25, 0.3) is 11.4 Å². The van der Waals surface area contributed by atoms with Crippen molar-refractivity contribution in [3.63, 3.8) is 0 Å². The monoisotopic (exact) mass is 414 g/mol. The van der Waals surface area contributed by atoms with Gasteiger partial charge < -0.3 is 0 Å². The highest BCUT2D eigenvalue weighted by atomic mass is 32.1. The summed E-state index contributed by atoms with van der Waals surface area (Å²) in [5.41, 5.74) is 1.31. The molecule has 2 aromatic heterocycles. The molecule has 0 atom stereocenters. The minimum Gasteiger partial charge on any atom is -0.298 e. The van der Waals surface area contributed by atoms with Gasteiger partial charge in [-0.05, 0) is 23.8 Å². The van der Waals surface area contributed by atoms with Gasteiger partial charge >= 0.3 is 5.76 Å². The average molecular weight is 414 g/mol. The molecular weight excluding hydrogens is 402 g/mol. The lowest BCUT2D eigenvalue weighted by Crippen LogP contribution is -2.11. The van der Waals surface area contributed by atoms with Crippen LogP contribution in [0.1, 0.15) is 20.8 Å². The molecule has 0 aliphatic carbocycles. The zero-order chi connectivity index (χ0) is 20.4. The Bertz CT molecular complexity index is 1230. The SMILES string of the molecule is O=C(Nc1ncc(Cc2ccc(F)cc2F)s1)c1ccc(-c2noc(=O)[nH]2)cc1. The topological polar surface area (TPSA) is 101 Å². The van der Waals surface area contributed by atoms with Gasteiger partial charge in [0.1, 0.15) is 11.6 Å². The molecule has 0 bridgehead atoms. The summed E-state index contributed by atoms with van der Waals surface area (Å²) >= 11 is 1.20. The van der Waals surface area contributed by atoms with E-state index in [0.29, 0.717) is 21.8 Å². The van der Waals surface area contributed by atoms with Gasteiger partial charge in [0.2, 0.25) is 0 Å². The summed E-state index contributed by atoms with van der Waals surface area (Å²) in [6.07, 6.45) is 1.78. The summed E-state index contributed by atoms with van der Waals surface area (Å²) in [7, 11) is 0. The standard InChI is InChI=1S/C19H12F2N4O3S/c20-13-6-5-12(15(21)8-13)7-14-9-22-18(29-14)24-17(26)11-3-1-10(2-4-11)16-23-19(27)28-25-16/h1-6,8-9H,7H2,(H,22,24,26)(H,23,25,27). The van der Waals surface area contributed by atoms with E-state index in [1.807, 2.05) is 0 Å². The predicted octanol–water partition coefficient (Wildman–Crippen LogP) is 3.61. The molecule has 0 radical (unpaired) electrons. The van der Waals surface area contributed by atoms with Crippen LogP contribution in [-0.2, 0) is 6.42 Å². The van der Waals surface area contributed by atoms with Gasteiger partial charge in [0.15, 0.2) is 11.0 Å². The van der Waals surface area contributed by atoms with Gasteiger partial charge in [-0.2, -0.15) is 0 Å². The normalized spacial score (nSPS) is 10.8. The fraction of sp³-hybridized carbons (Fsp3) is 0.0526. The molecule has 29 heavy (non-hydrogen) atoms. The quantitative estimate of drug-likeness (QED) is 0.520. The van der Waals surface area contributed by atoms with E-state index in [9.17, 15) is 18.4 Å². The molecule has 146 valence electrons. The first-order chi connectivity index (χ1) is 14.0. The Labute approximate surface area is 166 Å². The summed E-state index contributed by atoms with van der Waals surface area (Å²) < 4.78 is 31.2. The van der Waals surface area contributed by atoms with Gasteiger partial charge in [0.05, 0.1) is 0 Å². The van der Waals surface area contributed by atoms with E-state index in [4.69, 9.17) is 0 Å². The van der Waals surface area contributed by atoms with Crippen molar-refractivity contribution in [2.75, 3.05) is 5.32 Å². The second-order valence-electron chi connectivity index (χ2n) is 6.02. The third-order valence-corrected chi connectivity index (χ3v) is 4.93. The Morgan fingerprint density at radius 3 is 2.66 bits per heavy atom. The van der Waals surface area contributed by atoms with Crippen LogP contribution in [0.4, 0.5) is 13.9 Å². The first kappa shape index (κ1) is 18.7. The molecule has 0 spiro atoms. The second kappa shape index (κ2) is 7.76. The zero-order valence-corrected chi connectivity index (χ0v) is 15.4. The number of benzene rings is 2. The number of carbonyl (C=O) groups is 1. The zero-order valence-electron chi connectivity index (χ0n) is 14.6. The minimum atomic E-state index is -0.665. The molecule has 4 rings (SSSR count). The Morgan fingerprint density at radius 1 is 1.17 bits per heavy atom. The molecular formula is C19H12F2N4O3S. The molecule has 0 aliphatic rings. The van der Waals surface area contributed by atoms with Gasteiger partial charge in [0, 0.05) is 34.7 Å². The van der Waals surface area contributed by atoms with Crippen LogP contribution in [0.2, 0.25) is 0 Å². The molecule has 0 saturated heterocycles. The van der Waals surface area contributed by atoms with Crippen molar-refractivity contribution >= 4 is 22.4 Å². The van der Waals surface area contributed by atoms with Gasteiger partial charge in [-0.15, -0.1) is 11.3 Å². The minimum absolute atomic E-state index is 0.240. The number of anilines is 1. The maximum Gasteiger partial charge on any atom is 0.439 e. The van der Waals surface area contributed by atoms with Crippen LogP contribution in [-0.4, -0.2) is 21.0 Å². The fourth-order valence-corrected chi connectivity index (χ4v) is 3.43. The number of aromatic amines is 1. The molecule has 1 amide bonds. The number of nitrogens with zero attached hydrogens (tertiary/aromatic N) is 2. The van der Waals surface area contributed by atoms with E-state index in [-0.39, 0.29) is 18.2 Å². The summed E-state index contributed by atoms with van der Waals surface area (Å²) in [5, 5.41) is 6.61. The highest BCUT2D eigenvalue weighted by Crippen LogP contribution is 2.23. The van der Waals surface area contributed by atoms with Gasteiger partial charge in [-0.25, -0.2) is 18.6 Å². The average Bonchev–Trinajstić information content (AvgIpc) is 3.33. The van der Waals surface area contributed by atoms with Crippen molar-refractivity contribution < 1.29 is 18.1 Å². The fourth-order valence-electron chi connectivity index (χ4n) is 2.60. The molecule has 10 heteroatoms. The molecule has 2 aromatic carbocycles. The molecule has 0 aliphatic heterocycles. The summed E-state index contributed by atoms with van der Waals surface area (Å²) in [6.45, 7) is 0. The third-order valence-electron chi connectivity index (χ3n) is 4.01. The van der Waals surface area contributed by atoms with E-state index < -0.39 is 17.4 Å². The second-order valence-corrected chi connectivity index (χ2v) is 7.13. The Balaban J connectivity index is 1.43. The maximum absolute atomic E-state index is 13.8. The van der Waals surface area contributed by atoms with Crippen molar-refractivity contribution in [3.05, 3.63) is 86.9 Å². The van der Waals surface area contributed by atoms with E-state index in [1.54, 1.807) is 24.3 Å².